The Morgan fingerprint density at radius 1 is 0.792 bits per heavy atom. The number of ether oxygens (including phenoxy) is 1. The van der Waals surface area contributed by atoms with Crippen molar-refractivity contribution in [3.8, 4) is 0 Å². The Bertz CT molecular complexity index is 764. The maximum atomic E-state index is 6.15. The Labute approximate surface area is 148 Å². The topological polar surface area (TPSA) is 9.23 Å². The Morgan fingerprint density at radius 3 is 2.08 bits per heavy atom. The molecular formula is C22H19ClO. The Hall–Kier alpha value is -2.35. The summed E-state index contributed by atoms with van der Waals surface area (Å²) in [5.41, 5.74) is 3.40. The maximum absolute atomic E-state index is 6.15. The lowest BCUT2D eigenvalue weighted by atomic mass is 10.1. The van der Waals surface area contributed by atoms with Crippen LogP contribution in [0.2, 0.25) is 5.02 Å². The van der Waals surface area contributed by atoms with Crippen molar-refractivity contribution >= 4 is 17.7 Å². The first kappa shape index (κ1) is 16.5. The smallest absolute Gasteiger partial charge is 0.101 e. The van der Waals surface area contributed by atoms with E-state index < -0.39 is 0 Å². The minimum Gasteiger partial charge on any atom is -0.365 e. The molecule has 24 heavy (non-hydrogen) atoms. The summed E-state index contributed by atoms with van der Waals surface area (Å²) in [6.07, 6.45) is 4.10. The summed E-state index contributed by atoms with van der Waals surface area (Å²) in [4.78, 5) is 0. The van der Waals surface area contributed by atoms with E-state index in [0.29, 0.717) is 6.61 Å². The second-order valence-corrected chi connectivity index (χ2v) is 5.97. The first-order valence-corrected chi connectivity index (χ1v) is 8.33. The molecule has 0 radical (unpaired) electrons. The van der Waals surface area contributed by atoms with Gasteiger partial charge in [0.2, 0.25) is 0 Å². The summed E-state index contributed by atoms with van der Waals surface area (Å²) in [5.74, 6) is 0. The van der Waals surface area contributed by atoms with Crippen LogP contribution in [-0.4, -0.2) is 0 Å². The molecule has 0 saturated carbocycles. The highest BCUT2D eigenvalue weighted by molar-refractivity contribution is 6.30. The van der Waals surface area contributed by atoms with Crippen molar-refractivity contribution in [3.63, 3.8) is 0 Å². The number of hydrogen-bond acceptors (Lipinski definition) is 1. The maximum Gasteiger partial charge on any atom is 0.101 e. The first-order chi connectivity index (χ1) is 11.8. The van der Waals surface area contributed by atoms with Crippen molar-refractivity contribution in [2.24, 2.45) is 0 Å². The van der Waals surface area contributed by atoms with Gasteiger partial charge in [-0.15, -0.1) is 0 Å². The summed E-state index contributed by atoms with van der Waals surface area (Å²) in [5, 5.41) is 0.738. The largest absolute Gasteiger partial charge is 0.365 e. The average Bonchev–Trinajstić information content (AvgIpc) is 2.65. The van der Waals surface area contributed by atoms with Gasteiger partial charge in [0.05, 0.1) is 6.61 Å². The third-order valence-electron chi connectivity index (χ3n) is 3.73. The van der Waals surface area contributed by atoms with Crippen molar-refractivity contribution in [2.75, 3.05) is 0 Å². The van der Waals surface area contributed by atoms with E-state index >= 15 is 0 Å². The van der Waals surface area contributed by atoms with Crippen molar-refractivity contribution in [2.45, 2.75) is 12.7 Å². The fraction of sp³-hybridized carbons (Fsp3) is 0.0909. The molecule has 0 aliphatic rings. The molecule has 0 amide bonds. The van der Waals surface area contributed by atoms with Gasteiger partial charge >= 0.3 is 0 Å². The molecule has 1 atom stereocenters. The summed E-state index contributed by atoms with van der Waals surface area (Å²) in [7, 11) is 0. The molecule has 0 bridgehead atoms. The number of hydrogen-bond donors (Lipinski definition) is 0. The van der Waals surface area contributed by atoms with Gasteiger partial charge in [0, 0.05) is 5.02 Å². The monoisotopic (exact) mass is 334 g/mol. The van der Waals surface area contributed by atoms with Crippen molar-refractivity contribution in [3.05, 3.63) is 113 Å². The molecule has 0 saturated heterocycles. The van der Waals surface area contributed by atoms with Crippen molar-refractivity contribution in [1.29, 1.82) is 0 Å². The van der Waals surface area contributed by atoms with Crippen LogP contribution in [0.5, 0.6) is 0 Å². The molecule has 0 spiro atoms. The molecule has 2 heteroatoms. The van der Waals surface area contributed by atoms with Gasteiger partial charge in [0.25, 0.3) is 0 Å². The quantitative estimate of drug-likeness (QED) is 0.513. The van der Waals surface area contributed by atoms with Crippen molar-refractivity contribution < 1.29 is 4.74 Å². The molecule has 0 aromatic heterocycles. The van der Waals surface area contributed by atoms with Crippen LogP contribution >= 0.6 is 11.6 Å². The zero-order valence-corrected chi connectivity index (χ0v) is 14.1. The predicted molar refractivity (Wildman–Crippen MR) is 101 cm³/mol. The molecule has 3 aromatic rings. The summed E-state index contributed by atoms with van der Waals surface area (Å²) in [6, 6.07) is 28.3. The lowest BCUT2D eigenvalue weighted by molar-refractivity contribution is 0.0723. The Kier molecular flexibility index (Phi) is 5.84. The molecule has 0 heterocycles. The van der Waals surface area contributed by atoms with Crippen LogP contribution < -0.4 is 0 Å². The molecule has 3 aromatic carbocycles. The van der Waals surface area contributed by atoms with Crippen LogP contribution in [0, 0.1) is 0 Å². The first-order valence-electron chi connectivity index (χ1n) is 7.95. The van der Waals surface area contributed by atoms with Gasteiger partial charge in [-0.25, -0.2) is 0 Å². The molecule has 0 fully saturated rings. The highest BCUT2D eigenvalue weighted by atomic mass is 35.5. The van der Waals surface area contributed by atoms with Gasteiger partial charge in [-0.05, 0) is 28.8 Å². The highest BCUT2D eigenvalue weighted by Gasteiger charge is 2.08. The summed E-state index contributed by atoms with van der Waals surface area (Å²) in [6.45, 7) is 0.538. The van der Waals surface area contributed by atoms with Gasteiger partial charge in [0.1, 0.15) is 6.10 Å². The SMILES string of the molecule is Clc1ccc(COC(/C=C/c2ccccc2)c2ccccc2)cc1. The van der Waals surface area contributed by atoms with E-state index in [1.807, 2.05) is 60.7 Å². The average molecular weight is 335 g/mol. The lowest BCUT2D eigenvalue weighted by Crippen LogP contribution is -2.02. The molecule has 0 aliphatic heterocycles. The highest BCUT2D eigenvalue weighted by Crippen LogP contribution is 2.22. The van der Waals surface area contributed by atoms with Gasteiger partial charge in [0.15, 0.2) is 0 Å². The second kappa shape index (κ2) is 8.49. The zero-order chi connectivity index (χ0) is 16.6. The van der Waals surface area contributed by atoms with E-state index in [1.165, 1.54) is 0 Å². The van der Waals surface area contributed by atoms with Crippen LogP contribution in [0.1, 0.15) is 22.8 Å². The predicted octanol–water partition coefficient (Wildman–Crippen LogP) is 6.31. The molecule has 0 N–H and O–H groups in total. The normalized spacial score (nSPS) is 12.4. The fourth-order valence-corrected chi connectivity index (χ4v) is 2.56. The standard InChI is InChI=1S/C22H19ClO/c23-21-14-11-19(12-15-21)17-24-22(20-9-5-2-6-10-20)16-13-18-7-3-1-4-8-18/h1-16,22H,17H2/b16-13+. The number of halogens is 1. The van der Waals surface area contributed by atoms with Crippen LogP contribution in [0.4, 0.5) is 0 Å². The van der Waals surface area contributed by atoms with Crippen LogP contribution in [-0.2, 0) is 11.3 Å². The summed E-state index contributed by atoms with van der Waals surface area (Å²) < 4.78 is 6.15. The molecule has 3 rings (SSSR count). The van der Waals surface area contributed by atoms with E-state index in [9.17, 15) is 0 Å². The van der Waals surface area contributed by atoms with Gasteiger partial charge in [-0.3, -0.25) is 0 Å². The third kappa shape index (κ3) is 4.82. The van der Waals surface area contributed by atoms with Gasteiger partial charge < -0.3 is 4.74 Å². The zero-order valence-electron chi connectivity index (χ0n) is 13.3. The van der Waals surface area contributed by atoms with Crippen LogP contribution in [0.15, 0.2) is 91.0 Å². The minimum atomic E-state index is -0.0953. The lowest BCUT2D eigenvalue weighted by Gasteiger charge is -2.15. The molecule has 120 valence electrons. The molecule has 0 aliphatic carbocycles. The van der Waals surface area contributed by atoms with Crippen LogP contribution in [0.25, 0.3) is 6.08 Å². The number of benzene rings is 3. The second-order valence-electron chi connectivity index (χ2n) is 5.54. The molecule has 1 nitrogen and oxygen atoms in total. The molecular weight excluding hydrogens is 316 g/mol. The van der Waals surface area contributed by atoms with Crippen LogP contribution in [0.3, 0.4) is 0 Å². The van der Waals surface area contributed by atoms with E-state index in [-0.39, 0.29) is 6.10 Å². The molecule has 1 unspecified atom stereocenters. The Balaban J connectivity index is 1.75. The van der Waals surface area contributed by atoms with E-state index in [1.54, 1.807) is 0 Å². The van der Waals surface area contributed by atoms with E-state index in [0.717, 1.165) is 21.7 Å². The van der Waals surface area contributed by atoms with Crippen molar-refractivity contribution in [1.82, 2.24) is 0 Å². The van der Waals surface area contributed by atoms with Gasteiger partial charge in [-0.2, -0.15) is 0 Å². The Morgan fingerprint density at radius 2 is 1.42 bits per heavy atom. The van der Waals surface area contributed by atoms with E-state index in [4.69, 9.17) is 16.3 Å². The summed E-state index contributed by atoms with van der Waals surface area (Å²) >= 11 is 5.94. The minimum absolute atomic E-state index is 0.0953. The fourth-order valence-electron chi connectivity index (χ4n) is 2.43. The van der Waals surface area contributed by atoms with E-state index in [2.05, 4.69) is 36.4 Å². The van der Waals surface area contributed by atoms with Gasteiger partial charge in [-0.1, -0.05) is 96.5 Å². The third-order valence-corrected chi connectivity index (χ3v) is 3.99. The number of rotatable bonds is 6.